The van der Waals surface area contributed by atoms with Crippen molar-refractivity contribution < 1.29 is 9.53 Å². The third-order valence-electron chi connectivity index (χ3n) is 3.13. The summed E-state index contributed by atoms with van der Waals surface area (Å²) in [6.45, 7) is 4.83. The molecule has 1 N–H and O–H groups in total. The van der Waals surface area contributed by atoms with E-state index in [1.807, 2.05) is 17.9 Å². The topological polar surface area (TPSA) is 41.6 Å². The maximum Gasteiger partial charge on any atom is 0.317 e. The molecule has 1 fully saturated rings. The van der Waals surface area contributed by atoms with Crippen LogP contribution in [0.3, 0.4) is 0 Å². The highest BCUT2D eigenvalue weighted by Gasteiger charge is 2.25. The van der Waals surface area contributed by atoms with Crippen LogP contribution in [0.25, 0.3) is 0 Å². The Morgan fingerprint density at radius 3 is 2.94 bits per heavy atom. The van der Waals surface area contributed by atoms with Crippen molar-refractivity contribution in [1.29, 1.82) is 0 Å². The van der Waals surface area contributed by atoms with Gasteiger partial charge in [-0.15, -0.1) is 11.3 Å². The fourth-order valence-electron chi connectivity index (χ4n) is 2.19. The Labute approximate surface area is 112 Å². The van der Waals surface area contributed by atoms with Gasteiger partial charge in [-0.25, -0.2) is 4.79 Å². The Morgan fingerprint density at radius 2 is 2.33 bits per heavy atom. The van der Waals surface area contributed by atoms with E-state index in [9.17, 15) is 4.79 Å². The van der Waals surface area contributed by atoms with E-state index in [4.69, 9.17) is 4.74 Å². The molecule has 1 aliphatic rings. The minimum Gasteiger partial charge on any atom is -0.381 e. The normalized spacial score (nSPS) is 16.5. The molecular weight excluding hydrogens is 248 g/mol. The standard InChI is InChI=1S/C13H20N2O2S/c1-2-14-13(16)15(10-12-4-3-9-18-12)11-5-7-17-8-6-11/h3-4,9,11H,2,5-8,10H2,1H3,(H,14,16). The Hall–Kier alpha value is -1.07. The van der Waals surface area contributed by atoms with Crippen molar-refractivity contribution in [2.24, 2.45) is 0 Å². The predicted octanol–water partition coefficient (Wildman–Crippen LogP) is 2.46. The van der Waals surface area contributed by atoms with Gasteiger partial charge in [0.25, 0.3) is 0 Å². The summed E-state index contributed by atoms with van der Waals surface area (Å²) >= 11 is 1.70. The van der Waals surface area contributed by atoms with Crippen molar-refractivity contribution in [3.63, 3.8) is 0 Å². The van der Waals surface area contributed by atoms with E-state index in [1.165, 1.54) is 4.88 Å². The quantitative estimate of drug-likeness (QED) is 0.911. The van der Waals surface area contributed by atoms with Crippen molar-refractivity contribution in [2.45, 2.75) is 32.4 Å². The van der Waals surface area contributed by atoms with Crippen LogP contribution in [0.2, 0.25) is 0 Å². The molecule has 2 heterocycles. The molecule has 2 amide bonds. The average Bonchev–Trinajstić information content (AvgIpc) is 2.90. The molecule has 0 bridgehead atoms. The van der Waals surface area contributed by atoms with Gasteiger partial charge in [0.1, 0.15) is 0 Å². The van der Waals surface area contributed by atoms with E-state index in [-0.39, 0.29) is 6.03 Å². The zero-order valence-electron chi connectivity index (χ0n) is 10.7. The zero-order chi connectivity index (χ0) is 12.8. The molecule has 0 unspecified atom stereocenters. The molecule has 1 aromatic heterocycles. The van der Waals surface area contributed by atoms with Crippen LogP contribution in [0.1, 0.15) is 24.6 Å². The molecule has 0 spiro atoms. The maximum atomic E-state index is 12.1. The second-order valence-electron chi connectivity index (χ2n) is 4.39. The van der Waals surface area contributed by atoms with E-state index >= 15 is 0 Å². The van der Waals surface area contributed by atoms with Gasteiger partial charge in [-0.3, -0.25) is 0 Å². The summed E-state index contributed by atoms with van der Waals surface area (Å²) in [6.07, 6.45) is 1.87. The van der Waals surface area contributed by atoms with Crippen molar-refractivity contribution in [3.8, 4) is 0 Å². The predicted molar refractivity (Wildman–Crippen MR) is 72.8 cm³/mol. The first-order chi connectivity index (χ1) is 8.81. The summed E-state index contributed by atoms with van der Waals surface area (Å²) in [7, 11) is 0. The lowest BCUT2D eigenvalue weighted by molar-refractivity contribution is 0.0441. The molecule has 1 aliphatic heterocycles. The molecule has 2 rings (SSSR count). The van der Waals surface area contributed by atoms with Crippen LogP contribution in [0.5, 0.6) is 0 Å². The number of carbonyl (C=O) groups is 1. The summed E-state index contributed by atoms with van der Waals surface area (Å²) < 4.78 is 5.37. The molecule has 100 valence electrons. The number of hydrogen-bond donors (Lipinski definition) is 1. The minimum atomic E-state index is 0.0396. The van der Waals surface area contributed by atoms with E-state index in [2.05, 4.69) is 16.8 Å². The first kappa shape index (κ1) is 13.4. The highest BCUT2D eigenvalue weighted by molar-refractivity contribution is 7.09. The van der Waals surface area contributed by atoms with Gasteiger partial charge in [0.15, 0.2) is 0 Å². The van der Waals surface area contributed by atoms with E-state index in [0.717, 1.165) is 26.1 Å². The first-order valence-corrected chi connectivity index (χ1v) is 7.34. The summed E-state index contributed by atoms with van der Waals surface area (Å²) in [6, 6.07) is 4.45. The minimum absolute atomic E-state index is 0.0396. The van der Waals surface area contributed by atoms with Crippen LogP contribution in [-0.4, -0.2) is 36.7 Å². The molecule has 1 aromatic rings. The van der Waals surface area contributed by atoms with Crippen molar-refractivity contribution in [2.75, 3.05) is 19.8 Å². The number of ether oxygens (including phenoxy) is 1. The summed E-state index contributed by atoms with van der Waals surface area (Å²) in [4.78, 5) is 15.3. The van der Waals surface area contributed by atoms with E-state index < -0.39 is 0 Å². The Morgan fingerprint density at radius 1 is 1.56 bits per heavy atom. The Bertz CT molecular complexity index is 361. The highest BCUT2D eigenvalue weighted by Crippen LogP contribution is 2.19. The Kier molecular flexibility index (Phi) is 5.01. The lowest BCUT2D eigenvalue weighted by atomic mass is 10.1. The maximum absolute atomic E-state index is 12.1. The number of rotatable bonds is 4. The van der Waals surface area contributed by atoms with Crippen LogP contribution >= 0.6 is 11.3 Å². The monoisotopic (exact) mass is 268 g/mol. The van der Waals surface area contributed by atoms with Gasteiger partial charge in [0.2, 0.25) is 0 Å². The number of urea groups is 1. The number of thiophene rings is 1. The van der Waals surface area contributed by atoms with Crippen molar-refractivity contribution >= 4 is 17.4 Å². The van der Waals surface area contributed by atoms with Gasteiger partial charge in [0, 0.05) is 30.7 Å². The molecular formula is C13H20N2O2S. The molecule has 0 aliphatic carbocycles. The third kappa shape index (κ3) is 3.46. The fraction of sp³-hybridized carbons (Fsp3) is 0.615. The van der Waals surface area contributed by atoms with Gasteiger partial charge in [-0.05, 0) is 31.2 Å². The number of nitrogens with one attached hydrogen (secondary N) is 1. The number of nitrogens with zero attached hydrogens (tertiary/aromatic N) is 1. The van der Waals surface area contributed by atoms with Crippen LogP contribution in [0.15, 0.2) is 17.5 Å². The smallest absolute Gasteiger partial charge is 0.317 e. The molecule has 1 saturated heterocycles. The Balaban J connectivity index is 2.03. The van der Waals surface area contributed by atoms with Gasteiger partial charge in [-0.2, -0.15) is 0 Å². The second-order valence-corrected chi connectivity index (χ2v) is 5.42. The van der Waals surface area contributed by atoms with Crippen LogP contribution < -0.4 is 5.32 Å². The molecule has 0 aromatic carbocycles. The molecule has 0 atom stereocenters. The fourth-order valence-corrected chi connectivity index (χ4v) is 2.89. The molecule has 4 nitrogen and oxygen atoms in total. The van der Waals surface area contributed by atoms with Gasteiger partial charge < -0.3 is 15.0 Å². The average molecular weight is 268 g/mol. The van der Waals surface area contributed by atoms with Gasteiger partial charge >= 0.3 is 6.03 Å². The van der Waals surface area contributed by atoms with Crippen LogP contribution in [0.4, 0.5) is 4.79 Å². The lowest BCUT2D eigenvalue weighted by Gasteiger charge is -2.34. The lowest BCUT2D eigenvalue weighted by Crippen LogP contribution is -2.47. The number of carbonyl (C=O) groups excluding carboxylic acids is 1. The number of hydrogen-bond acceptors (Lipinski definition) is 3. The molecule has 18 heavy (non-hydrogen) atoms. The summed E-state index contributed by atoms with van der Waals surface area (Å²) in [5, 5.41) is 4.96. The van der Waals surface area contributed by atoms with E-state index in [1.54, 1.807) is 11.3 Å². The van der Waals surface area contributed by atoms with Crippen molar-refractivity contribution in [3.05, 3.63) is 22.4 Å². The summed E-state index contributed by atoms with van der Waals surface area (Å²) in [5.74, 6) is 0. The highest BCUT2D eigenvalue weighted by atomic mass is 32.1. The first-order valence-electron chi connectivity index (χ1n) is 6.46. The van der Waals surface area contributed by atoms with Gasteiger partial charge in [-0.1, -0.05) is 6.07 Å². The third-order valence-corrected chi connectivity index (χ3v) is 3.99. The molecule has 5 heteroatoms. The largest absolute Gasteiger partial charge is 0.381 e. The SMILES string of the molecule is CCNC(=O)N(Cc1cccs1)C1CCOCC1. The van der Waals surface area contributed by atoms with Crippen LogP contribution in [0, 0.1) is 0 Å². The number of amides is 2. The zero-order valence-corrected chi connectivity index (χ0v) is 11.5. The van der Waals surface area contributed by atoms with Crippen LogP contribution in [-0.2, 0) is 11.3 Å². The second kappa shape index (κ2) is 6.75. The van der Waals surface area contributed by atoms with Gasteiger partial charge in [0.05, 0.1) is 6.54 Å². The van der Waals surface area contributed by atoms with Crippen molar-refractivity contribution in [1.82, 2.24) is 10.2 Å². The van der Waals surface area contributed by atoms with E-state index in [0.29, 0.717) is 19.1 Å². The molecule has 0 radical (unpaired) electrons. The molecule has 0 saturated carbocycles. The summed E-state index contributed by atoms with van der Waals surface area (Å²) in [5.41, 5.74) is 0.